The van der Waals surface area contributed by atoms with Gasteiger partial charge in [0.15, 0.2) is 0 Å². The summed E-state index contributed by atoms with van der Waals surface area (Å²) >= 11 is 0. The minimum Gasteiger partial charge on any atom is -0.400 e. The lowest BCUT2D eigenvalue weighted by Gasteiger charge is -2.41. The lowest BCUT2D eigenvalue weighted by atomic mass is 9.70. The molecule has 2 saturated heterocycles. The van der Waals surface area contributed by atoms with Crippen LogP contribution in [-0.2, 0) is 31.6 Å². The molecule has 9 nitrogen and oxygen atoms in total. The fourth-order valence-corrected chi connectivity index (χ4v) is 10.3. The molecule has 6 aromatic rings. The molecule has 3 N–H and O–H groups in total. The highest BCUT2D eigenvalue weighted by Crippen LogP contribution is 2.41. The Labute approximate surface area is 405 Å². The van der Waals surface area contributed by atoms with Gasteiger partial charge in [-0.1, -0.05) is 182 Å². The van der Waals surface area contributed by atoms with Crippen LogP contribution in [0.1, 0.15) is 71.9 Å². The standard InChI is InChI=1S/2C29H34N2O2.CH4O/c2*1-30(2)27(32)29(25-14-8-4-9-15-25,26-16-10-5-11-17-26)20-23-31-21-18-28(33,19-22-31)24-12-6-3-7-13-24;1-2/h2*3-17,33H,18-23H2,1-2H3;2H,1H3. The van der Waals surface area contributed by atoms with E-state index in [0.717, 1.165) is 79.8 Å². The molecule has 2 aliphatic rings. The Hall–Kier alpha value is -5.94. The van der Waals surface area contributed by atoms with Gasteiger partial charge in [-0.25, -0.2) is 0 Å². The van der Waals surface area contributed by atoms with Gasteiger partial charge >= 0.3 is 0 Å². The number of piperidine rings is 2. The SMILES string of the molecule is CN(C)C(=O)C(CCN1CCC(O)(c2ccccc2)CC1)(c1ccccc1)c1ccccc1.CN(C)C(=O)C(CCN1CCC(O)(c2ccccc2)CC1)(c1ccccc1)c1ccccc1.CO. The van der Waals surface area contributed by atoms with Crippen LogP contribution >= 0.6 is 0 Å². The summed E-state index contributed by atoms with van der Waals surface area (Å²) in [6.07, 6.45) is 4.15. The highest BCUT2D eigenvalue weighted by Gasteiger charge is 2.45. The van der Waals surface area contributed by atoms with Crippen LogP contribution in [0.25, 0.3) is 0 Å². The first kappa shape index (κ1) is 51.5. The van der Waals surface area contributed by atoms with Gasteiger partial charge in [0.05, 0.1) is 11.2 Å². The van der Waals surface area contributed by atoms with Gasteiger partial charge in [-0.05, 0) is 85.0 Å². The van der Waals surface area contributed by atoms with Crippen LogP contribution in [0.3, 0.4) is 0 Å². The topological polar surface area (TPSA) is 108 Å². The minimum absolute atomic E-state index is 0.0951. The van der Waals surface area contributed by atoms with Gasteiger partial charge in [-0.2, -0.15) is 0 Å². The van der Waals surface area contributed by atoms with Crippen molar-refractivity contribution in [2.45, 2.75) is 60.6 Å². The third-order valence-electron chi connectivity index (χ3n) is 14.2. The molecule has 9 heteroatoms. The molecule has 6 aromatic carbocycles. The maximum atomic E-state index is 13.8. The number of aliphatic hydroxyl groups excluding tert-OH is 1. The number of benzene rings is 6. The minimum atomic E-state index is -0.771. The number of amides is 2. The Balaban J connectivity index is 0.000000216. The van der Waals surface area contributed by atoms with E-state index in [9.17, 15) is 19.8 Å². The van der Waals surface area contributed by atoms with E-state index in [1.165, 1.54) is 0 Å². The Morgan fingerprint density at radius 3 is 0.868 bits per heavy atom. The van der Waals surface area contributed by atoms with Crippen molar-refractivity contribution in [2.75, 3.05) is 74.6 Å². The zero-order valence-corrected chi connectivity index (χ0v) is 40.8. The molecule has 0 saturated carbocycles. The van der Waals surface area contributed by atoms with Crippen LogP contribution in [0.2, 0.25) is 0 Å². The van der Waals surface area contributed by atoms with E-state index in [1.807, 2.05) is 162 Å². The largest absolute Gasteiger partial charge is 0.400 e. The number of carbonyl (C=O) groups excluding carboxylic acids is 2. The Morgan fingerprint density at radius 2 is 0.647 bits per heavy atom. The number of hydrogen-bond acceptors (Lipinski definition) is 7. The van der Waals surface area contributed by atoms with E-state index in [1.54, 1.807) is 9.80 Å². The first-order chi connectivity index (χ1) is 32.9. The van der Waals surface area contributed by atoms with Gasteiger partial charge in [-0.15, -0.1) is 0 Å². The molecule has 0 atom stereocenters. The summed E-state index contributed by atoms with van der Waals surface area (Å²) in [5, 5.41) is 29.4. The number of rotatable bonds is 14. The molecule has 0 bridgehead atoms. The molecule has 2 heterocycles. The van der Waals surface area contributed by atoms with E-state index >= 15 is 0 Å². The van der Waals surface area contributed by atoms with Gasteiger partial charge in [0.25, 0.3) is 0 Å². The van der Waals surface area contributed by atoms with Gasteiger partial charge in [-0.3, -0.25) is 9.59 Å². The van der Waals surface area contributed by atoms with E-state index in [-0.39, 0.29) is 11.8 Å². The fraction of sp³-hybridized carbons (Fsp3) is 0.356. The molecule has 0 aromatic heterocycles. The molecule has 8 rings (SSSR count). The molecular formula is C59H72N4O5. The second kappa shape index (κ2) is 23.9. The highest BCUT2D eigenvalue weighted by atomic mass is 16.3. The van der Waals surface area contributed by atoms with E-state index < -0.39 is 22.0 Å². The van der Waals surface area contributed by atoms with Crippen LogP contribution in [0.4, 0.5) is 0 Å². The second-order valence-electron chi connectivity index (χ2n) is 18.7. The van der Waals surface area contributed by atoms with E-state index in [0.29, 0.717) is 38.5 Å². The Kier molecular flexibility index (Phi) is 18.1. The van der Waals surface area contributed by atoms with Gasteiger partial charge in [0, 0.05) is 61.5 Å². The van der Waals surface area contributed by atoms with Crippen molar-refractivity contribution in [3.63, 3.8) is 0 Å². The summed E-state index contributed by atoms with van der Waals surface area (Å²) in [6, 6.07) is 60.6. The summed E-state index contributed by atoms with van der Waals surface area (Å²) in [6.45, 7) is 4.80. The molecule has 358 valence electrons. The molecule has 0 unspecified atom stereocenters. The average Bonchev–Trinajstić information content (AvgIpc) is 3.40. The Morgan fingerprint density at radius 1 is 0.426 bits per heavy atom. The van der Waals surface area contributed by atoms with Crippen LogP contribution in [-0.4, -0.2) is 121 Å². The van der Waals surface area contributed by atoms with Crippen molar-refractivity contribution in [2.24, 2.45) is 0 Å². The lowest BCUT2D eigenvalue weighted by molar-refractivity contribution is -0.134. The molecular weight excluding hydrogens is 845 g/mol. The molecule has 0 radical (unpaired) electrons. The van der Waals surface area contributed by atoms with Crippen molar-refractivity contribution in [3.8, 4) is 0 Å². The number of aliphatic hydroxyl groups is 3. The number of hydrogen-bond donors (Lipinski definition) is 3. The van der Waals surface area contributed by atoms with Crippen molar-refractivity contribution < 1.29 is 24.9 Å². The number of carbonyl (C=O) groups is 2. The zero-order valence-electron chi connectivity index (χ0n) is 40.8. The van der Waals surface area contributed by atoms with Crippen LogP contribution in [0.5, 0.6) is 0 Å². The van der Waals surface area contributed by atoms with Crippen molar-refractivity contribution in [1.29, 1.82) is 0 Å². The first-order valence-electron chi connectivity index (χ1n) is 24.0. The quantitative estimate of drug-likeness (QED) is 0.101. The van der Waals surface area contributed by atoms with Gasteiger partial charge < -0.3 is 34.9 Å². The monoisotopic (exact) mass is 917 g/mol. The normalized spacial score (nSPS) is 15.9. The smallest absolute Gasteiger partial charge is 0.237 e. The molecule has 2 fully saturated rings. The predicted octanol–water partition coefficient (Wildman–Crippen LogP) is 8.48. The molecule has 2 amide bonds. The summed E-state index contributed by atoms with van der Waals surface area (Å²) in [7, 11) is 8.35. The first-order valence-corrected chi connectivity index (χ1v) is 24.0. The Bertz CT molecular complexity index is 2150. The molecule has 68 heavy (non-hydrogen) atoms. The summed E-state index contributed by atoms with van der Waals surface area (Å²) < 4.78 is 0. The zero-order chi connectivity index (χ0) is 48.6. The fourth-order valence-electron chi connectivity index (χ4n) is 10.3. The maximum absolute atomic E-state index is 13.8. The predicted molar refractivity (Wildman–Crippen MR) is 274 cm³/mol. The number of nitrogens with zero attached hydrogens (tertiary/aromatic N) is 4. The number of likely N-dealkylation sites (tertiary alicyclic amines) is 2. The summed E-state index contributed by atoms with van der Waals surface area (Å²) in [5.41, 5.74) is 3.03. The van der Waals surface area contributed by atoms with Crippen LogP contribution in [0.15, 0.2) is 182 Å². The van der Waals surface area contributed by atoms with Gasteiger partial charge in [0.2, 0.25) is 11.8 Å². The molecule has 0 spiro atoms. The lowest BCUT2D eigenvalue weighted by Crippen LogP contribution is -2.48. The summed E-state index contributed by atoms with van der Waals surface area (Å²) in [4.78, 5) is 35.8. The second-order valence-corrected chi connectivity index (χ2v) is 18.7. The van der Waals surface area contributed by atoms with Crippen LogP contribution < -0.4 is 0 Å². The highest BCUT2D eigenvalue weighted by molar-refractivity contribution is 5.92. The molecule has 2 aliphatic heterocycles. The van der Waals surface area contributed by atoms with E-state index in [4.69, 9.17) is 5.11 Å². The van der Waals surface area contributed by atoms with Crippen molar-refractivity contribution in [3.05, 3.63) is 215 Å². The third kappa shape index (κ3) is 11.7. The summed E-state index contributed by atoms with van der Waals surface area (Å²) in [5.74, 6) is 0.190. The average molecular weight is 917 g/mol. The number of likely N-dealkylation sites (N-methyl/N-ethyl adjacent to an activating group) is 2. The molecule has 0 aliphatic carbocycles. The van der Waals surface area contributed by atoms with Crippen molar-refractivity contribution >= 4 is 11.8 Å². The maximum Gasteiger partial charge on any atom is 0.237 e. The van der Waals surface area contributed by atoms with Crippen LogP contribution in [0, 0.1) is 0 Å². The van der Waals surface area contributed by atoms with Gasteiger partial charge in [0.1, 0.15) is 10.8 Å². The van der Waals surface area contributed by atoms with E-state index in [2.05, 4.69) is 58.3 Å². The van der Waals surface area contributed by atoms with Crippen molar-refractivity contribution in [1.82, 2.24) is 19.6 Å². The third-order valence-corrected chi connectivity index (χ3v) is 14.2.